The summed E-state index contributed by atoms with van der Waals surface area (Å²) in [5, 5.41) is 6.71. The Labute approximate surface area is 289 Å². The lowest BCUT2D eigenvalue weighted by Crippen LogP contribution is -2.24. The highest BCUT2D eigenvalue weighted by Crippen LogP contribution is 2.43. The van der Waals surface area contributed by atoms with E-state index in [4.69, 9.17) is 13.8 Å². The zero-order valence-electron chi connectivity index (χ0n) is 29.5. The number of rotatable bonds is 3. The number of benzene rings is 6. The Morgan fingerprint density at radius 3 is 2.10 bits per heavy atom. The molecule has 0 N–H and O–H groups in total. The van der Waals surface area contributed by atoms with Crippen molar-refractivity contribution in [1.29, 1.82) is 0 Å². The molecule has 0 aliphatic carbocycles. The molecule has 5 heterocycles. The molecular weight excluding hydrogens is 622 g/mol. The largest absolute Gasteiger partial charge is 0.457 e. The first-order valence-corrected chi connectivity index (χ1v) is 16.5. The number of aromatic nitrogens is 3. The highest BCUT2D eigenvalue weighted by atomic mass is 19.1. The van der Waals surface area contributed by atoms with Crippen molar-refractivity contribution >= 4 is 82.6 Å². The van der Waals surface area contributed by atoms with Crippen molar-refractivity contribution in [1.82, 2.24) is 13.8 Å². The first kappa shape index (κ1) is 24.5. The molecule has 11 rings (SSSR count). The number of hydrogen-bond acceptors (Lipinski definition) is 4. The van der Waals surface area contributed by atoms with Crippen molar-refractivity contribution in [3.63, 3.8) is 0 Å². The summed E-state index contributed by atoms with van der Waals surface area (Å²) in [6.45, 7) is -2.31. The molecule has 0 bridgehead atoms. The number of pyridine rings is 1. The number of hydrogen-bond donors (Lipinski definition) is 0. The van der Waals surface area contributed by atoms with Gasteiger partial charge in [0.25, 0.3) is 0 Å². The molecule has 10 aromatic rings. The fourth-order valence-corrected chi connectivity index (χ4v) is 8.10. The molecular formula is C43H28FN5O. The number of fused-ring (bicyclic) bond motifs is 11. The molecule has 4 aromatic heterocycles. The normalized spacial score (nSPS) is 14.4. The van der Waals surface area contributed by atoms with Gasteiger partial charge in [-0.05, 0) is 48.5 Å². The van der Waals surface area contributed by atoms with E-state index in [0.717, 1.165) is 54.8 Å². The summed E-state index contributed by atoms with van der Waals surface area (Å²) >= 11 is 0. The van der Waals surface area contributed by atoms with Gasteiger partial charge in [0.15, 0.2) is 5.65 Å². The second-order valence-electron chi connectivity index (χ2n) is 12.8. The average molecular weight is 653 g/mol. The quantitative estimate of drug-likeness (QED) is 0.190. The lowest BCUT2D eigenvalue weighted by atomic mass is 10.0. The van der Waals surface area contributed by atoms with Gasteiger partial charge >= 0.3 is 0 Å². The lowest BCUT2D eigenvalue weighted by molar-refractivity contribution is 0.477. The number of nitrogens with zero attached hydrogens (tertiary/aromatic N) is 5. The number of anilines is 3. The standard InChI is InChI=1S/C43H28FN5O/c1-46-25-47(38-16-5-4-15-37(38)46)27-21-26(44)22-29(23-27)50-28-18-19-31-33-11-7-13-35-34-12-6-10-32-30-9-2-3-14-36(30)48(41(32)34)39-17-8-20-45-43(39)49(42(33)35)40(31)24-28/h2-24H,25H2,1H3/i1D3. The van der Waals surface area contributed by atoms with Crippen LogP contribution in [0.1, 0.15) is 4.11 Å². The Balaban J connectivity index is 1.14. The molecule has 6 nitrogen and oxygen atoms in total. The molecule has 0 radical (unpaired) electrons. The van der Waals surface area contributed by atoms with Gasteiger partial charge in [0.05, 0.1) is 45.6 Å². The van der Waals surface area contributed by atoms with Gasteiger partial charge in [-0.1, -0.05) is 66.7 Å². The minimum Gasteiger partial charge on any atom is -0.457 e. The zero-order chi connectivity index (χ0) is 35.6. The Kier molecular flexibility index (Phi) is 4.89. The van der Waals surface area contributed by atoms with Crippen molar-refractivity contribution in [3.8, 4) is 11.5 Å². The Morgan fingerprint density at radius 2 is 1.28 bits per heavy atom. The molecule has 0 saturated heterocycles. The maximum Gasteiger partial charge on any atom is 0.162 e. The number of ether oxygens (including phenoxy) is 1. The van der Waals surface area contributed by atoms with Crippen LogP contribution in [0.2, 0.25) is 0 Å². The Bertz CT molecular complexity index is 3170. The van der Waals surface area contributed by atoms with E-state index in [1.54, 1.807) is 23.1 Å². The molecule has 0 unspecified atom stereocenters. The van der Waals surface area contributed by atoms with Crippen LogP contribution in [0.4, 0.5) is 21.5 Å². The summed E-state index contributed by atoms with van der Waals surface area (Å²) in [6, 6.07) is 43.2. The smallest absolute Gasteiger partial charge is 0.162 e. The first-order chi connectivity index (χ1) is 25.8. The molecule has 0 spiro atoms. The van der Waals surface area contributed by atoms with Crippen LogP contribution in [0.3, 0.4) is 0 Å². The molecule has 1 aliphatic rings. The SMILES string of the molecule is [2H]C([2H])([2H])N1CN(c2cc(F)cc(Oc3ccc4c5cccc6c7cccc8c9ccccc9n(c9cccnc9n(c4c3)c56)c87)c2)c2ccccc21. The zero-order valence-corrected chi connectivity index (χ0v) is 26.5. The van der Waals surface area contributed by atoms with E-state index in [0.29, 0.717) is 28.6 Å². The van der Waals surface area contributed by atoms with Crippen LogP contribution in [-0.2, 0) is 0 Å². The number of halogens is 1. The molecule has 0 amide bonds. The van der Waals surface area contributed by atoms with Gasteiger partial charge < -0.3 is 18.9 Å². The summed E-state index contributed by atoms with van der Waals surface area (Å²) in [5.41, 5.74) is 7.66. The van der Waals surface area contributed by atoms with Gasteiger partial charge in [-0.25, -0.2) is 9.37 Å². The molecule has 1 aliphatic heterocycles. The topological polar surface area (TPSA) is 37.4 Å². The first-order valence-electron chi connectivity index (χ1n) is 18.0. The molecule has 238 valence electrons. The van der Waals surface area contributed by atoms with Crippen molar-refractivity contribution in [2.75, 3.05) is 23.4 Å². The van der Waals surface area contributed by atoms with Crippen molar-refractivity contribution in [2.45, 2.75) is 0 Å². The predicted molar refractivity (Wildman–Crippen MR) is 202 cm³/mol. The van der Waals surface area contributed by atoms with Crippen LogP contribution in [0.15, 0.2) is 140 Å². The monoisotopic (exact) mass is 652 g/mol. The van der Waals surface area contributed by atoms with Gasteiger partial charge in [-0.3, -0.25) is 4.40 Å². The third-order valence-electron chi connectivity index (χ3n) is 10.1. The summed E-state index contributed by atoms with van der Waals surface area (Å²) in [5.74, 6) is 0.322. The van der Waals surface area contributed by atoms with Crippen LogP contribution in [0.25, 0.3) is 65.5 Å². The highest BCUT2D eigenvalue weighted by Gasteiger charge is 2.25. The Morgan fingerprint density at radius 1 is 0.600 bits per heavy atom. The van der Waals surface area contributed by atoms with Gasteiger partial charge in [0.1, 0.15) is 17.3 Å². The minimum absolute atomic E-state index is 0.0473. The summed E-state index contributed by atoms with van der Waals surface area (Å²) in [6.07, 6.45) is 1.83. The molecule has 0 fully saturated rings. The van der Waals surface area contributed by atoms with Crippen LogP contribution in [0.5, 0.6) is 11.5 Å². The van der Waals surface area contributed by atoms with Crippen LogP contribution in [0, 0.1) is 5.82 Å². The summed E-state index contributed by atoms with van der Waals surface area (Å²) < 4.78 is 50.6. The maximum absolute atomic E-state index is 15.4. The Hall–Kier alpha value is -6.60. The van der Waals surface area contributed by atoms with E-state index < -0.39 is 12.8 Å². The van der Waals surface area contributed by atoms with Crippen molar-refractivity contribution in [2.24, 2.45) is 0 Å². The third-order valence-corrected chi connectivity index (χ3v) is 10.1. The number of para-hydroxylation sites is 5. The lowest BCUT2D eigenvalue weighted by Gasteiger charge is -2.20. The molecule has 50 heavy (non-hydrogen) atoms. The maximum atomic E-state index is 15.4. The van der Waals surface area contributed by atoms with Crippen LogP contribution < -0.4 is 14.5 Å². The van der Waals surface area contributed by atoms with Crippen LogP contribution >= 0.6 is 0 Å². The molecule has 7 heteroatoms. The fraction of sp³-hybridized carbons (Fsp3) is 0.0465. The van der Waals surface area contributed by atoms with E-state index in [-0.39, 0.29) is 6.67 Å². The van der Waals surface area contributed by atoms with Gasteiger partial charge in [0, 0.05) is 73.5 Å². The van der Waals surface area contributed by atoms with Crippen LogP contribution in [-0.4, -0.2) is 27.4 Å². The van der Waals surface area contributed by atoms with Gasteiger partial charge in [-0.2, -0.15) is 0 Å². The van der Waals surface area contributed by atoms with Crippen molar-refractivity contribution in [3.05, 3.63) is 145 Å². The predicted octanol–water partition coefficient (Wildman–Crippen LogP) is 10.8. The minimum atomic E-state index is -2.36. The molecule has 6 aromatic carbocycles. The summed E-state index contributed by atoms with van der Waals surface area (Å²) in [4.78, 5) is 8.17. The average Bonchev–Trinajstić information content (AvgIpc) is 3.82. The van der Waals surface area contributed by atoms with E-state index in [9.17, 15) is 0 Å². The van der Waals surface area contributed by atoms with E-state index >= 15 is 4.39 Å². The second kappa shape index (κ2) is 9.96. The van der Waals surface area contributed by atoms with Gasteiger partial charge in [-0.15, -0.1) is 0 Å². The van der Waals surface area contributed by atoms with Gasteiger partial charge in [0.2, 0.25) is 0 Å². The summed E-state index contributed by atoms with van der Waals surface area (Å²) in [7, 11) is 0. The van der Waals surface area contributed by atoms with Crippen molar-refractivity contribution < 1.29 is 13.2 Å². The molecule has 0 saturated carbocycles. The molecule has 0 atom stereocenters. The third kappa shape index (κ3) is 3.69. The fourth-order valence-electron chi connectivity index (χ4n) is 8.10. The van der Waals surface area contributed by atoms with E-state index in [1.807, 2.05) is 36.5 Å². The van der Waals surface area contributed by atoms with E-state index in [1.165, 1.54) is 27.8 Å². The highest BCUT2D eigenvalue weighted by molar-refractivity contribution is 6.25. The van der Waals surface area contributed by atoms with E-state index in [2.05, 4.69) is 81.6 Å². The second-order valence-corrected chi connectivity index (χ2v) is 12.8.